The maximum atomic E-state index is 12.0. The van der Waals surface area contributed by atoms with Crippen LogP contribution in [0.4, 0.5) is 5.82 Å². The molecule has 0 aliphatic rings. The van der Waals surface area contributed by atoms with Gasteiger partial charge in [-0.1, -0.05) is 23.4 Å². The Hall–Kier alpha value is -3.16. The first-order valence-corrected chi connectivity index (χ1v) is 8.47. The second-order valence-corrected chi connectivity index (χ2v) is 6.02. The molecule has 8 nitrogen and oxygen atoms in total. The van der Waals surface area contributed by atoms with E-state index >= 15 is 0 Å². The van der Waals surface area contributed by atoms with E-state index in [9.17, 15) is 4.79 Å². The number of aromatic nitrogens is 5. The molecule has 0 saturated heterocycles. The summed E-state index contributed by atoms with van der Waals surface area (Å²) >= 11 is 0. The molecule has 8 heteroatoms. The molecule has 1 amide bonds. The third-order valence-corrected chi connectivity index (χ3v) is 3.78. The van der Waals surface area contributed by atoms with Crippen LogP contribution >= 0.6 is 0 Å². The van der Waals surface area contributed by atoms with Gasteiger partial charge < -0.3 is 10.1 Å². The third kappa shape index (κ3) is 4.92. The van der Waals surface area contributed by atoms with E-state index in [1.54, 1.807) is 16.4 Å². The first-order chi connectivity index (χ1) is 12.6. The molecule has 1 N–H and O–H groups in total. The lowest BCUT2D eigenvalue weighted by molar-refractivity contribution is -0.116. The molecule has 1 aromatic carbocycles. The molecule has 0 saturated carbocycles. The number of hydrogen-bond donors (Lipinski definition) is 1. The maximum Gasteiger partial charge on any atom is 0.225 e. The van der Waals surface area contributed by atoms with Gasteiger partial charge in [0.1, 0.15) is 23.9 Å². The summed E-state index contributed by atoms with van der Waals surface area (Å²) in [6.07, 6.45) is 2.91. The number of aryl methyl sites for hydroxylation is 3. The van der Waals surface area contributed by atoms with E-state index in [1.165, 1.54) is 0 Å². The highest BCUT2D eigenvalue weighted by atomic mass is 16.5. The summed E-state index contributed by atoms with van der Waals surface area (Å²) in [5.74, 6) is 1.46. The highest BCUT2D eigenvalue weighted by Gasteiger charge is 2.08. The molecule has 0 bridgehead atoms. The molecule has 0 aliphatic carbocycles. The van der Waals surface area contributed by atoms with Gasteiger partial charge in [-0.3, -0.25) is 14.2 Å². The van der Waals surface area contributed by atoms with Crippen LogP contribution in [0.2, 0.25) is 0 Å². The fourth-order valence-electron chi connectivity index (χ4n) is 2.52. The van der Waals surface area contributed by atoms with Gasteiger partial charge in [-0.05, 0) is 25.5 Å². The Balaban J connectivity index is 1.40. The van der Waals surface area contributed by atoms with Crippen molar-refractivity contribution in [1.82, 2.24) is 24.8 Å². The van der Waals surface area contributed by atoms with Crippen molar-refractivity contribution in [3.63, 3.8) is 0 Å². The second-order valence-electron chi connectivity index (χ2n) is 6.02. The van der Waals surface area contributed by atoms with Crippen LogP contribution in [0.5, 0.6) is 5.75 Å². The number of ether oxygens (including phenoxy) is 1. The standard InChI is InChI=1S/C18H22N6O2/c1-14-11-17(23(2)21-14)19-18(25)9-6-10-24-12-15(20-22-24)13-26-16-7-4-3-5-8-16/h3-5,7-8,11-12H,6,9-10,13H2,1-2H3,(H,19,25). The van der Waals surface area contributed by atoms with Crippen LogP contribution in [-0.4, -0.2) is 30.7 Å². The van der Waals surface area contributed by atoms with E-state index in [4.69, 9.17) is 4.74 Å². The molecule has 2 aromatic heterocycles. The highest BCUT2D eigenvalue weighted by molar-refractivity contribution is 5.89. The largest absolute Gasteiger partial charge is 0.487 e. The molecule has 0 fully saturated rings. The van der Waals surface area contributed by atoms with Crippen LogP contribution in [0.25, 0.3) is 0 Å². The number of carbonyl (C=O) groups is 1. The number of carbonyl (C=O) groups excluding carboxylic acids is 1. The zero-order valence-electron chi connectivity index (χ0n) is 14.9. The zero-order chi connectivity index (χ0) is 18.4. The van der Waals surface area contributed by atoms with E-state index in [0.717, 1.165) is 17.1 Å². The lowest BCUT2D eigenvalue weighted by Gasteiger charge is -2.05. The molecule has 3 rings (SSSR count). The van der Waals surface area contributed by atoms with Crippen molar-refractivity contribution < 1.29 is 9.53 Å². The predicted molar refractivity (Wildman–Crippen MR) is 96.6 cm³/mol. The number of nitrogens with one attached hydrogen (secondary N) is 1. The van der Waals surface area contributed by atoms with Crippen LogP contribution in [0.15, 0.2) is 42.6 Å². The minimum atomic E-state index is -0.0410. The fraction of sp³-hybridized carbons (Fsp3) is 0.333. The molecule has 136 valence electrons. The van der Waals surface area contributed by atoms with E-state index in [-0.39, 0.29) is 5.91 Å². The van der Waals surface area contributed by atoms with Crippen molar-refractivity contribution in [1.29, 1.82) is 0 Å². The first kappa shape index (κ1) is 17.7. The van der Waals surface area contributed by atoms with Gasteiger partial charge in [0.2, 0.25) is 5.91 Å². The molecule has 0 unspecified atom stereocenters. The van der Waals surface area contributed by atoms with Crippen molar-refractivity contribution in [2.24, 2.45) is 7.05 Å². The average molecular weight is 354 g/mol. The Bertz CT molecular complexity index is 856. The van der Waals surface area contributed by atoms with E-state index in [1.807, 2.05) is 49.5 Å². The molecule has 0 atom stereocenters. The summed E-state index contributed by atoms with van der Waals surface area (Å²) in [6.45, 7) is 2.87. The van der Waals surface area contributed by atoms with E-state index < -0.39 is 0 Å². The van der Waals surface area contributed by atoms with Crippen molar-refractivity contribution >= 4 is 11.7 Å². The molecule has 3 aromatic rings. The SMILES string of the molecule is Cc1cc(NC(=O)CCCn2cc(COc3ccccc3)nn2)n(C)n1. The van der Waals surface area contributed by atoms with E-state index in [0.29, 0.717) is 31.8 Å². The Labute approximate surface area is 151 Å². The summed E-state index contributed by atoms with van der Waals surface area (Å²) in [5, 5.41) is 15.2. The van der Waals surface area contributed by atoms with Gasteiger partial charge >= 0.3 is 0 Å². The van der Waals surface area contributed by atoms with Crippen LogP contribution in [0, 0.1) is 6.92 Å². The zero-order valence-corrected chi connectivity index (χ0v) is 14.9. The quantitative estimate of drug-likeness (QED) is 0.671. The van der Waals surface area contributed by atoms with Gasteiger partial charge in [0.05, 0.1) is 11.9 Å². The number of para-hydroxylation sites is 1. The second kappa shape index (κ2) is 8.28. The van der Waals surface area contributed by atoms with Crippen LogP contribution in [0.1, 0.15) is 24.2 Å². The Morgan fingerprint density at radius 2 is 2.08 bits per heavy atom. The number of hydrogen-bond acceptors (Lipinski definition) is 5. The molecule has 2 heterocycles. The van der Waals surface area contributed by atoms with E-state index in [2.05, 4.69) is 20.7 Å². The van der Waals surface area contributed by atoms with Crippen molar-refractivity contribution in [2.75, 3.05) is 5.32 Å². The van der Waals surface area contributed by atoms with Gasteiger partial charge in [-0.2, -0.15) is 5.10 Å². The topological polar surface area (TPSA) is 86.9 Å². The van der Waals surface area contributed by atoms with Crippen LogP contribution in [0.3, 0.4) is 0 Å². The summed E-state index contributed by atoms with van der Waals surface area (Å²) in [4.78, 5) is 12.0. The lowest BCUT2D eigenvalue weighted by atomic mass is 10.3. The Morgan fingerprint density at radius 1 is 1.27 bits per heavy atom. The molecule has 0 spiro atoms. The first-order valence-electron chi connectivity index (χ1n) is 8.47. The van der Waals surface area contributed by atoms with Gasteiger partial charge in [0.15, 0.2) is 0 Å². The Kier molecular flexibility index (Phi) is 5.62. The smallest absolute Gasteiger partial charge is 0.225 e. The summed E-state index contributed by atoms with van der Waals surface area (Å²) in [6, 6.07) is 11.4. The van der Waals surface area contributed by atoms with Crippen LogP contribution < -0.4 is 10.1 Å². The number of benzene rings is 1. The van der Waals surface area contributed by atoms with Crippen molar-refractivity contribution in [2.45, 2.75) is 32.9 Å². The fourth-order valence-corrected chi connectivity index (χ4v) is 2.52. The molecule has 0 radical (unpaired) electrons. The number of nitrogens with zero attached hydrogens (tertiary/aromatic N) is 5. The number of rotatable bonds is 8. The average Bonchev–Trinajstić information content (AvgIpc) is 3.20. The van der Waals surface area contributed by atoms with Gasteiger partial charge in [0.25, 0.3) is 0 Å². The molecular weight excluding hydrogens is 332 g/mol. The summed E-state index contributed by atoms with van der Waals surface area (Å²) in [5.41, 5.74) is 1.62. The monoisotopic (exact) mass is 354 g/mol. The molecular formula is C18H22N6O2. The minimum Gasteiger partial charge on any atom is -0.487 e. The number of anilines is 1. The number of amides is 1. The summed E-state index contributed by atoms with van der Waals surface area (Å²) < 4.78 is 9.02. The summed E-state index contributed by atoms with van der Waals surface area (Å²) in [7, 11) is 1.80. The van der Waals surface area contributed by atoms with Crippen molar-refractivity contribution in [3.8, 4) is 5.75 Å². The predicted octanol–water partition coefficient (Wildman–Crippen LogP) is 2.32. The normalized spacial score (nSPS) is 10.7. The molecule has 26 heavy (non-hydrogen) atoms. The lowest BCUT2D eigenvalue weighted by Crippen LogP contribution is -2.15. The van der Waals surface area contributed by atoms with Gasteiger partial charge in [-0.25, -0.2) is 0 Å². The molecule has 0 aliphatic heterocycles. The minimum absolute atomic E-state index is 0.0410. The van der Waals surface area contributed by atoms with Gasteiger partial charge in [-0.15, -0.1) is 5.10 Å². The van der Waals surface area contributed by atoms with Crippen molar-refractivity contribution in [3.05, 3.63) is 54.0 Å². The van der Waals surface area contributed by atoms with Gasteiger partial charge in [0, 0.05) is 26.1 Å². The Morgan fingerprint density at radius 3 is 2.81 bits per heavy atom. The third-order valence-electron chi connectivity index (χ3n) is 3.78. The van der Waals surface area contributed by atoms with Crippen LogP contribution in [-0.2, 0) is 25.0 Å². The maximum absolute atomic E-state index is 12.0. The highest BCUT2D eigenvalue weighted by Crippen LogP contribution is 2.11.